The van der Waals surface area contributed by atoms with Crippen molar-refractivity contribution in [1.29, 1.82) is 0 Å². The summed E-state index contributed by atoms with van der Waals surface area (Å²) >= 11 is 5.64. The summed E-state index contributed by atoms with van der Waals surface area (Å²) in [6.07, 6.45) is 5.09. The van der Waals surface area contributed by atoms with Crippen LogP contribution in [0, 0.1) is 22.5 Å². The lowest BCUT2D eigenvalue weighted by atomic mass is 10.3. The zero-order valence-corrected chi connectivity index (χ0v) is 11.6. The van der Waals surface area contributed by atoms with Crippen molar-refractivity contribution in [2.24, 2.45) is 0 Å². The first-order chi connectivity index (χ1) is 8.84. The third-order valence-corrected chi connectivity index (χ3v) is 4.56. The summed E-state index contributed by atoms with van der Waals surface area (Å²) in [7, 11) is -4.02. The molecule has 0 aromatic heterocycles. The van der Waals surface area contributed by atoms with E-state index in [4.69, 9.17) is 18.0 Å². The van der Waals surface area contributed by atoms with Crippen LogP contribution >= 0.6 is 11.6 Å². The Morgan fingerprint density at radius 1 is 1.53 bits per heavy atom. The molecule has 0 fully saturated rings. The Hall–Kier alpha value is -1.62. The number of nitrogens with zero attached hydrogens (tertiary/aromatic N) is 2. The molecule has 0 saturated carbocycles. The SMILES string of the molecule is C#CCN(CC)S(=O)(=O)c1ccc(Cl)cc1[N+](=O)[O-]. The average Bonchev–Trinajstić information content (AvgIpc) is 2.35. The maximum atomic E-state index is 12.3. The predicted molar refractivity (Wildman–Crippen MR) is 71.4 cm³/mol. The van der Waals surface area contributed by atoms with Gasteiger partial charge in [-0.05, 0) is 12.1 Å². The van der Waals surface area contributed by atoms with Crippen LogP contribution in [0.5, 0.6) is 0 Å². The van der Waals surface area contributed by atoms with Crippen LogP contribution in [0.25, 0.3) is 0 Å². The second-order valence-corrected chi connectivity index (χ2v) is 5.85. The molecule has 0 aliphatic rings. The largest absolute Gasteiger partial charge is 0.290 e. The molecule has 0 saturated heterocycles. The van der Waals surface area contributed by atoms with Crippen LogP contribution in [0.1, 0.15) is 6.92 Å². The monoisotopic (exact) mass is 302 g/mol. The third-order valence-electron chi connectivity index (χ3n) is 2.36. The van der Waals surface area contributed by atoms with Gasteiger partial charge in [-0.2, -0.15) is 4.31 Å². The van der Waals surface area contributed by atoms with Crippen molar-refractivity contribution < 1.29 is 13.3 Å². The molecule has 1 rings (SSSR count). The molecule has 0 heterocycles. The predicted octanol–water partition coefficient (Wildman–Crippen LogP) is 1.89. The van der Waals surface area contributed by atoms with Crippen molar-refractivity contribution >= 4 is 27.3 Å². The smallest absolute Gasteiger partial charge is 0.258 e. The van der Waals surface area contributed by atoms with E-state index in [1.165, 1.54) is 6.07 Å². The third kappa shape index (κ3) is 3.23. The molecule has 19 heavy (non-hydrogen) atoms. The van der Waals surface area contributed by atoms with Crippen molar-refractivity contribution in [2.45, 2.75) is 11.8 Å². The number of nitro groups is 1. The molecule has 8 heteroatoms. The highest BCUT2D eigenvalue weighted by atomic mass is 35.5. The van der Waals surface area contributed by atoms with E-state index in [-0.39, 0.29) is 18.1 Å². The molecule has 0 atom stereocenters. The molecule has 1 aromatic carbocycles. The number of sulfonamides is 1. The van der Waals surface area contributed by atoms with Gasteiger partial charge in [-0.3, -0.25) is 10.1 Å². The van der Waals surface area contributed by atoms with E-state index in [0.29, 0.717) is 0 Å². The summed E-state index contributed by atoms with van der Waals surface area (Å²) in [6.45, 7) is 1.56. The van der Waals surface area contributed by atoms with Crippen molar-refractivity contribution in [2.75, 3.05) is 13.1 Å². The molecular weight excluding hydrogens is 292 g/mol. The van der Waals surface area contributed by atoms with Crippen molar-refractivity contribution in [3.63, 3.8) is 0 Å². The van der Waals surface area contributed by atoms with Crippen LogP contribution in [-0.4, -0.2) is 30.7 Å². The van der Waals surface area contributed by atoms with E-state index < -0.39 is 25.5 Å². The van der Waals surface area contributed by atoms with Crippen LogP contribution in [0.3, 0.4) is 0 Å². The van der Waals surface area contributed by atoms with E-state index in [0.717, 1.165) is 16.4 Å². The van der Waals surface area contributed by atoms with E-state index >= 15 is 0 Å². The topological polar surface area (TPSA) is 80.5 Å². The van der Waals surface area contributed by atoms with E-state index in [2.05, 4.69) is 5.92 Å². The summed E-state index contributed by atoms with van der Waals surface area (Å²) in [5.41, 5.74) is -0.567. The Labute approximate surface area is 116 Å². The number of halogens is 1. The molecule has 102 valence electrons. The van der Waals surface area contributed by atoms with Crippen LogP contribution < -0.4 is 0 Å². The average molecular weight is 303 g/mol. The maximum Gasteiger partial charge on any atom is 0.290 e. The van der Waals surface area contributed by atoms with E-state index in [1.54, 1.807) is 6.92 Å². The fourth-order valence-electron chi connectivity index (χ4n) is 1.46. The van der Waals surface area contributed by atoms with Crippen molar-refractivity contribution in [1.82, 2.24) is 4.31 Å². The Morgan fingerprint density at radius 2 is 2.16 bits per heavy atom. The Kier molecular flexibility index (Phi) is 4.89. The first-order valence-electron chi connectivity index (χ1n) is 5.22. The van der Waals surface area contributed by atoms with Gasteiger partial charge in [-0.25, -0.2) is 8.42 Å². The highest BCUT2D eigenvalue weighted by molar-refractivity contribution is 7.89. The zero-order chi connectivity index (χ0) is 14.6. The molecule has 0 aliphatic carbocycles. The summed E-state index contributed by atoms with van der Waals surface area (Å²) in [6, 6.07) is 3.39. The standard InChI is InChI=1S/C11H11ClN2O4S/c1-3-7-13(4-2)19(17,18)11-6-5-9(12)8-10(11)14(15)16/h1,5-6,8H,4,7H2,2H3. The molecule has 0 unspecified atom stereocenters. The normalized spacial score (nSPS) is 11.3. The Bertz CT molecular complexity index is 637. The molecular formula is C11H11ClN2O4S. The molecule has 0 amide bonds. The molecule has 0 N–H and O–H groups in total. The first kappa shape index (κ1) is 15.4. The molecule has 6 nitrogen and oxygen atoms in total. The zero-order valence-electron chi connectivity index (χ0n) is 10.0. The van der Waals surface area contributed by atoms with Gasteiger partial charge in [0, 0.05) is 17.6 Å². The fourth-order valence-corrected chi connectivity index (χ4v) is 3.13. The molecule has 0 bridgehead atoms. The first-order valence-corrected chi connectivity index (χ1v) is 7.04. The number of nitro benzene ring substituents is 1. The quantitative estimate of drug-likeness (QED) is 0.472. The fraction of sp³-hybridized carbons (Fsp3) is 0.273. The number of terminal acetylenes is 1. The van der Waals surface area contributed by atoms with Gasteiger partial charge >= 0.3 is 0 Å². The highest BCUT2D eigenvalue weighted by Crippen LogP contribution is 2.29. The summed E-state index contributed by atoms with van der Waals surface area (Å²) in [5.74, 6) is 2.21. The molecule has 1 aromatic rings. The Balaban J connectivity index is 3.45. The summed E-state index contributed by atoms with van der Waals surface area (Å²) in [4.78, 5) is 9.71. The van der Waals surface area contributed by atoms with Gasteiger partial charge in [0.05, 0.1) is 11.5 Å². The minimum atomic E-state index is -4.02. The van der Waals surface area contributed by atoms with Crippen LogP contribution in [-0.2, 0) is 10.0 Å². The second kappa shape index (κ2) is 6.02. The Morgan fingerprint density at radius 3 is 2.63 bits per heavy atom. The summed E-state index contributed by atoms with van der Waals surface area (Å²) < 4.78 is 25.5. The van der Waals surface area contributed by atoms with Gasteiger partial charge in [0.2, 0.25) is 0 Å². The van der Waals surface area contributed by atoms with Gasteiger partial charge in [0.15, 0.2) is 4.90 Å². The van der Waals surface area contributed by atoms with E-state index in [9.17, 15) is 18.5 Å². The van der Waals surface area contributed by atoms with Gasteiger partial charge in [-0.15, -0.1) is 6.42 Å². The van der Waals surface area contributed by atoms with Gasteiger partial charge in [-0.1, -0.05) is 24.4 Å². The van der Waals surface area contributed by atoms with Crippen LogP contribution in [0.15, 0.2) is 23.1 Å². The molecule has 0 spiro atoms. The van der Waals surface area contributed by atoms with E-state index in [1.807, 2.05) is 0 Å². The molecule has 0 radical (unpaired) electrons. The number of hydrogen-bond acceptors (Lipinski definition) is 4. The second-order valence-electron chi connectivity index (χ2n) is 3.50. The molecule has 0 aliphatic heterocycles. The van der Waals surface area contributed by atoms with Crippen molar-refractivity contribution in [3.8, 4) is 12.3 Å². The van der Waals surface area contributed by atoms with Crippen LogP contribution in [0.4, 0.5) is 5.69 Å². The lowest BCUT2D eigenvalue weighted by Gasteiger charge is -2.17. The van der Waals surface area contributed by atoms with Gasteiger partial charge in [0.1, 0.15) is 0 Å². The van der Waals surface area contributed by atoms with Crippen molar-refractivity contribution in [3.05, 3.63) is 33.3 Å². The minimum Gasteiger partial charge on any atom is -0.258 e. The summed E-state index contributed by atoms with van der Waals surface area (Å²) in [5, 5.41) is 11.0. The lowest BCUT2D eigenvalue weighted by Crippen LogP contribution is -2.31. The number of hydrogen-bond donors (Lipinski definition) is 0. The number of benzene rings is 1. The van der Waals surface area contributed by atoms with Crippen LogP contribution in [0.2, 0.25) is 5.02 Å². The minimum absolute atomic E-state index is 0.0886. The van der Waals surface area contributed by atoms with Gasteiger partial charge in [0.25, 0.3) is 15.7 Å². The van der Waals surface area contributed by atoms with Gasteiger partial charge < -0.3 is 0 Å². The number of rotatable bonds is 5. The lowest BCUT2D eigenvalue weighted by molar-refractivity contribution is -0.387. The maximum absolute atomic E-state index is 12.3. The highest BCUT2D eigenvalue weighted by Gasteiger charge is 2.30.